The minimum absolute atomic E-state index is 0.387. The molecule has 0 bridgehead atoms. The van der Waals surface area contributed by atoms with Crippen LogP contribution in [0.25, 0.3) is 21.9 Å². The molecular weight excluding hydrogens is 478 g/mol. The predicted octanol–water partition coefficient (Wildman–Crippen LogP) is 4.05. The first kappa shape index (κ1) is 27.6. The van der Waals surface area contributed by atoms with E-state index in [2.05, 4.69) is 49.6 Å². The Morgan fingerprint density at radius 1 is 1.06 bits per heavy atom. The van der Waals surface area contributed by atoms with Crippen LogP contribution in [0.1, 0.15) is 51.1 Å². The normalized spacial score (nSPS) is 17.4. The Morgan fingerprint density at radius 2 is 1.78 bits per heavy atom. The van der Waals surface area contributed by atoms with Crippen molar-refractivity contribution in [2.75, 3.05) is 18.5 Å². The number of nitrogen functional groups attached to an aromatic ring is 2. The van der Waals surface area contributed by atoms with Crippen LogP contribution in [0.5, 0.6) is 0 Å². The SMILES string of the molecule is CC(C)(O)O.CN.Nc1nc2cc(CCC3CCC(n4ccc5c(N)ncnc54)C3)ccc2cc1Cl. The third kappa shape index (κ3) is 7.04. The maximum Gasteiger partial charge on any atom is 0.156 e. The molecule has 0 spiro atoms. The maximum atomic E-state index is 8.08. The van der Waals surface area contributed by atoms with Crippen molar-refractivity contribution in [3.8, 4) is 0 Å². The summed E-state index contributed by atoms with van der Waals surface area (Å²) in [4.78, 5) is 13.0. The number of hydrogen-bond acceptors (Lipinski definition) is 8. The summed E-state index contributed by atoms with van der Waals surface area (Å²) in [6.45, 7) is 2.60. The first-order valence-corrected chi connectivity index (χ1v) is 12.4. The van der Waals surface area contributed by atoms with Crippen molar-refractivity contribution < 1.29 is 10.2 Å². The molecule has 9 nitrogen and oxygen atoms in total. The highest BCUT2D eigenvalue weighted by Crippen LogP contribution is 2.39. The van der Waals surface area contributed by atoms with Crippen molar-refractivity contribution in [3.63, 3.8) is 0 Å². The second kappa shape index (κ2) is 11.8. The van der Waals surface area contributed by atoms with Crippen LogP contribution < -0.4 is 17.2 Å². The van der Waals surface area contributed by atoms with Crippen molar-refractivity contribution >= 4 is 45.2 Å². The Hall–Kier alpha value is -2.98. The molecule has 3 aromatic heterocycles. The minimum Gasteiger partial charge on any atom is -0.383 e. The van der Waals surface area contributed by atoms with Crippen molar-refractivity contribution in [3.05, 3.63) is 53.4 Å². The summed E-state index contributed by atoms with van der Waals surface area (Å²) >= 11 is 6.07. The molecule has 0 amide bonds. The van der Waals surface area contributed by atoms with Gasteiger partial charge in [0.25, 0.3) is 0 Å². The van der Waals surface area contributed by atoms with E-state index in [1.165, 1.54) is 52.1 Å². The van der Waals surface area contributed by atoms with E-state index >= 15 is 0 Å². The van der Waals surface area contributed by atoms with Gasteiger partial charge < -0.3 is 32.0 Å². The average Bonchev–Trinajstić information content (AvgIpc) is 3.46. The van der Waals surface area contributed by atoms with Crippen LogP contribution in [0.3, 0.4) is 0 Å². The van der Waals surface area contributed by atoms with E-state index in [1.807, 2.05) is 12.1 Å². The molecule has 1 saturated carbocycles. The van der Waals surface area contributed by atoms with E-state index in [0.717, 1.165) is 28.4 Å². The van der Waals surface area contributed by atoms with E-state index in [4.69, 9.17) is 33.3 Å². The number of nitrogens with zero attached hydrogens (tertiary/aromatic N) is 4. The van der Waals surface area contributed by atoms with Crippen LogP contribution in [-0.4, -0.2) is 42.6 Å². The highest BCUT2D eigenvalue weighted by atomic mass is 35.5. The first-order valence-electron chi connectivity index (χ1n) is 12.0. The fraction of sp³-hybridized carbons (Fsp3) is 0.423. The highest BCUT2D eigenvalue weighted by molar-refractivity contribution is 6.33. The van der Waals surface area contributed by atoms with E-state index in [-0.39, 0.29) is 0 Å². The monoisotopic (exact) mass is 513 g/mol. The number of aryl methyl sites for hydroxylation is 1. The van der Waals surface area contributed by atoms with Crippen LogP contribution in [-0.2, 0) is 6.42 Å². The fourth-order valence-electron chi connectivity index (χ4n) is 4.58. The molecule has 4 aromatic rings. The van der Waals surface area contributed by atoms with Gasteiger partial charge in [0.05, 0.1) is 15.9 Å². The number of anilines is 2. The van der Waals surface area contributed by atoms with Gasteiger partial charge in [-0.2, -0.15) is 0 Å². The number of halogens is 1. The average molecular weight is 514 g/mol. The summed E-state index contributed by atoms with van der Waals surface area (Å²) in [6, 6.07) is 10.8. The molecule has 5 rings (SSSR count). The predicted molar refractivity (Wildman–Crippen MR) is 146 cm³/mol. The number of fused-ring (bicyclic) bond motifs is 2. The second-order valence-corrected chi connectivity index (χ2v) is 9.87. The molecule has 1 aromatic carbocycles. The van der Waals surface area contributed by atoms with Gasteiger partial charge in [0.2, 0.25) is 0 Å². The van der Waals surface area contributed by atoms with Gasteiger partial charge in [-0.25, -0.2) is 15.0 Å². The van der Waals surface area contributed by atoms with Gasteiger partial charge in [-0.15, -0.1) is 0 Å². The van der Waals surface area contributed by atoms with Crippen LogP contribution in [0.2, 0.25) is 5.02 Å². The van der Waals surface area contributed by atoms with E-state index in [9.17, 15) is 0 Å². The molecule has 1 aliphatic rings. The molecule has 2 atom stereocenters. The van der Waals surface area contributed by atoms with E-state index in [1.54, 1.807) is 6.33 Å². The van der Waals surface area contributed by atoms with Gasteiger partial charge in [0.1, 0.15) is 23.6 Å². The number of aromatic nitrogens is 4. The molecule has 36 heavy (non-hydrogen) atoms. The van der Waals surface area contributed by atoms with Crippen molar-refractivity contribution in [2.24, 2.45) is 11.7 Å². The summed E-state index contributed by atoms with van der Waals surface area (Å²) in [5.41, 5.74) is 19.5. The summed E-state index contributed by atoms with van der Waals surface area (Å²) in [7, 11) is 1.50. The lowest BCUT2D eigenvalue weighted by Crippen LogP contribution is -2.15. The maximum absolute atomic E-state index is 8.08. The van der Waals surface area contributed by atoms with Gasteiger partial charge in [0.15, 0.2) is 5.79 Å². The number of rotatable bonds is 4. The van der Waals surface area contributed by atoms with Crippen molar-refractivity contribution in [2.45, 2.75) is 57.8 Å². The van der Waals surface area contributed by atoms with Crippen LogP contribution in [0, 0.1) is 5.92 Å². The Morgan fingerprint density at radius 3 is 2.50 bits per heavy atom. The standard InChI is InChI=1S/C22H23ClN6.C3H8O2.CH5N/c23-18-11-15-5-3-14(10-19(15)28-21(18)25)2-1-13-4-6-16(9-13)29-8-7-17-20(24)26-12-27-22(17)29;1-3(2,4)5;1-2/h3,5,7-8,10-13,16H,1-2,4,6,9H2,(H2,25,28)(H2,24,26,27);4-5H,1-2H3;2H2,1H3. The lowest BCUT2D eigenvalue weighted by Gasteiger charge is -2.14. The summed E-state index contributed by atoms with van der Waals surface area (Å²) in [5.74, 6) is 0.143. The molecule has 0 aliphatic heterocycles. The lowest BCUT2D eigenvalue weighted by molar-refractivity contribution is -0.127. The van der Waals surface area contributed by atoms with Crippen LogP contribution in [0.4, 0.5) is 11.6 Å². The summed E-state index contributed by atoms with van der Waals surface area (Å²) in [6.07, 6.45) is 9.44. The van der Waals surface area contributed by atoms with Gasteiger partial charge >= 0.3 is 0 Å². The van der Waals surface area contributed by atoms with E-state index in [0.29, 0.717) is 28.6 Å². The number of hydrogen-bond donors (Lipinski definition) is 5. The van der Waals surface area contributed by atoms with Crippen molar-refractivity contribution in [1.29, 1.82) is 0 Å². The molecule has 1 fully saturated rings. The zero-order valence-electron chi connectivity index (χ0n) is 21.0. The Bertz CT molecular complexity index is 1300. The first-order chi connectivity index (χ1) is 17.1. The van der Waals surface area contributed by atoms with Gasteiger partial charge in [-0.05, 0) is 82.7 Å². The molecule has 194 valence electrons. The number of benzene rings is 1. The van der Waals surface area contributed by atoms with E-state index < -0.39 is 5.79 Å². The van der Waals surface area contributed by atoms with Gasteiger partial charge in [0, 0.05) is 17.6 Å². The largest absolute Gasteiger partial charge is 0.383 e. The fourth-order valence-corrected chi connectivity index (χ4v) is 4.74. The molecule has 0 saturated heterocycles. The van der Waals surface area contributed by atoms with Crippen molar-refractivity contribution in [1.82, 2.24) is 19.5 Å². The van der Waals surface area contributed by atoms with Crippen LogP contribution >= 0.6 is 11.6 Å². The highest BCUT2D eigenvalue weighted by Gasteiger charge is 2.27. The van der Waals surface area contributed by atoms with Crippen LogP contribution in [0.15, 0.2) is 42.9 Å². The summed E-state index contributed by atoms with van der Waals surface area (Å²) in [5, 5.41) is 18.6. The molecule has 2 unspecified atom stereocenters. The summed E-state index contributed by atoms with van der Waals surface area (Å²) < 4.78 is 2.28. The minimum atomic E-state index is -1.50. The van der Waals surface area contributed by atoms with Gasteiger partial charge in [-0.3, -0.25) is 0 Å². The zero-order valence-corrected chi connectivity index (χ0v) is 21.8. The Balaban J connectivity index is 0.000000463. The quantitative estimate of drug-likeness (QED) is 0.255. The van der Waals surface area contributed by atoms with Gasteiger partial charge in [-0.1, -0.05) is 23.7 Å². The smallest absolute Gasteiger partial charge is 0.156 e. The number of aliphatic hydroxyl groups is 2. The Kier molecular flexibility index (Phi) is 9.08. The number of pyridine rings is 1. The Labute approximate surface area is 216 Å². The topological polar surface area (TPSA) is 162 Å². The number of nitrogens with two attached hydrogens (primary N) is 3. The molecule has 10 heteroatoms. The molecule has 1 aliphatic carbocycles. The third-order valence-corrected chi connectivity index (χ3v) is 6.45. The second-order valence-electron chi connectivity index (χ2n) is 9.47. The molecular formula is C26H36ClN7O2. The molecule has 3 heterocycles. The zero-order chi connectivity index (χ0) is 26.5. The molecule has 8 N–H and O–H groups in total. The third-order valence-electron chi connectivity index (χ3n) is 6.15. The molecule has 0 radical (unpaired) electrons. The lowest BCUT2D eigenvalue weighted by atomic mass is 9.97.